The van der Waals surface area contributed by atoms with Crippen molar-refractivity contribution in [3.63, 3.8) is 0 Å². The Morgan fingerprint density at radius 1 is 1.29 bits per heavy atom. The smallest absolute Gasteiger partial charge is 0.335 e. The number of rotatable bonds is 3. The Morgan fingerprint density at radius 2 is 1.90 bits per heavy atom. The lowest BCUT2D eigenvalue weighted by Crippen LogP contribution is -2.50. The molecule has 3 nitrogen and oxygen atoms in total. The number of aryl methyl sites for hydroxylation is 2. The van der Waals surface area contributed by atoms with Gasteiger partial charge < -0.3 is 4.90 Å². The van der Waals surface area contributed by atoms with E-state index in [1.165, 1.54) is 21.1 Å². The molecular formula is C14H19F3N2OS. The summed E-state index contributed by atoms with van der Waals surface area (Å²) in [4.78, 5) is 17.2. The number of carbonyl (C=O) groups excluding carboxylic acids is 1. The number of amides is 1. The molecule has 2 rings (SSSR count). The van der Waals surface area contributed by atoms with Crippen LogP contribution in [0.1, 0.15) is 27.0 Å². The van der Waals surface area contributed by atoms with E-state index in [1.54, 1.807) is 4.90 Å². The van der Waals surface area contributed by atoms with E-state index in [0.717, 1.165) is 12.0 Å². The first-order valence-corrected chi connectivity index (χ1v) is 7.79. The Labute approximate surface area is 126 Å². The molecule has 0 radical (unpaired) electrons. The van der Waals surface area contributed by atoms with Gasteiger partial charge in [-0.2, -0.15) is 13.2 Å². The zero-order chi connectivity index (χ0) is 15.6. The standard InChI is InChI=1S/C14H19F3N2OS/c1-3-11-10(2)8-12(21-11)13(20)19-6-4-18(5-7-19)9-14(15,16)17/h8H,3-7,9H2,1-2H3. The van der Waals surface area contributed by atoms with Crippen molar-refractivity contribution in [2.45, 2.75) is 26.4 Å². The normalized spacial score (nSPS) is 17.3. The first-order chi connectivity index (χ1) is 9.80. The second-order valence-corrected chi connectivity index (χ2v) is 6.39. The van der Waals surface area contributed by atoms with Crippen molar-refractivity contribution in [2.75, 3.05) is 32.7 Å². The maximum absolute atomic E-state index is 12.4. The van der Waals surface area contributed by atoms with Crippen molar-refractivity contribution in [1.29, 1.82) is 0 Å². The summed E-state index contributed by atoms with van der Waals surface area (Å²) in [6.07, 6.45) is -3.28. The SMILES string of the molecule is CCc1sc(C(=O)N2CCN(CC(F)(F)F)CC2)cc1C. The summed E-state index contributed by atoms with van der Waals surface area (Å²) in [7, 11) is 0. The average Bonchev–Trinajstić information content (AvgIpc) is 2.78. The third-order valence-electron chi connectivity index (χ3n) is 3.61. The van der Waals surface area contributed by atoms with Gasteiger partial charge in [0.05, 0.1) is 11.4 Å². The van der Waals surface area contributed by atoms with E-state index in [0.29, 0.717) is 18.0 Å². The van der Waals surface area contributed by atoms with Gasteiger partial charge in [0.1, 0.15) is 0 Å². The maximum atomic E-state index is 12.4. The van der Waals surface area contributed by atoms with E-state index in [-0.39, 0.29) is 19.0 Å². The van der Waals surface area contributed by atoms with E-state index in [1.807, 2.05) is 19.9 Å². The molecule has 0 aromatic carbocycles. The molecule has 0 saturated carbocycles. The van der Waals surface area contributed by atoms with Gasteiger partial charge in [-0.3, -0.25) is 9.69 Å². The van der Waals surface area contributed by atoms with Gasteiger partial charge in [-0.1, -0.05) is 6.92 Å². The number of piperazine rings is 1. The third kappa shape index (κ3) is 4.20. The Kier molecular flexibility index (Phi) is 4.93. The fourth-order valence-corrected chi connectivity index (χ4v) is 3.58. The minimum atomic E-state index is -4.17. The molecule has 21 heavy (non-hydrogen) atoms. The predicted octanol–water partition coefficient (Wildman–Crippen LogP) is 2.94. The highest BCUT2D eigenvalue weighted by Gasteiger charge is 2.33. The summed E-state index contributed by atoms with van der Waals surface area (Å²) >= 11 is 1.49. The minimum absolute atomic E-state index is 0.0607. The molecule has 0 N–H and O–H groups in total. The Morgan fingerprint density at radius 3 is 2.38 bits per heavy atom. The summed E-state index contributed by atoms with van der Waals surface area (Å²) in [6, 6.07) is 1.88. The minimum Gasteiger partial charge on any atom is -0.335 e. The molecule has 1 aliphatic heterocycles. The van der Waals surface area contributed by atoms with E-state index in [9.17, 15) is 18.0 Å². The van der Waals surface area contributed by atoms with Crippen LogP contribution in [0.2, 0.25) is 0 Å². The molecule has 0 atom stereocenters. The predicted molar refractivity (Wildman–Crippen MR) is 76.8 cm³/mol. The summed E-state index contributed by atoms with van der Waals surface area (Å²) < 4.78 is 37.0. The maximum Gasteiger partial charge on any atom is 0.401 e. The number of hydrogen-bond acceptors (Lipinski definition) is 3. The molecule has 0 unspecified atom stereocenters. The Hall–Kier alpha value is -1.08. The lowest BCUT2D eigenvalue weighted by Gasteiger charge is -2.34. The monoisotopic (exact) mass is 320 g/mol. The van der Waals surface area contributed by atoms with Crippen LogP contribution in [-0.4, -0.2) is 54.6 Å². The zero-order valence-electron chi connectivity index (χ0n) is 12.2. The van der Waals surface area contributed by atoms with Crippen molar-refractivity contribution in [1.82, 2.24) is 9.80 Å². The molecule has 1 saturated heterocycles. The van der Waals surface area contributed by atoms with Crippen molar-refractivity contribution >= 4 is 17.2 Å². The van der Waals surface area contributed by atoms with Crippen molar-refractivity contribution in [3.05, 3.63) is 21.4 Å². The Balaban J connectivity index is 1.93. The van der Waals surface area contributed by atoms with Crippen LogP contribution in [0.15, 0.2) is 6.07 Å². The van der Waals surface area contributed by atoms with Gasteiger partial charge in [-0.05, 0) is 25.0 Å². The van der Waals surface area contributed by atoms with Crippen LogP contribution in [-0.2, 0) is 6.42 Å². The number of alkyl halides is 3. The van der Waals surface area contributed by atoms with Crippen LogP contribution in [0.5, 0.6) is 0 Å². The van der Waals surface area contributed by atoms with Crippen LogP contribution >= 0.6 is 11.3 Å². The molecular weight excluding hydrogens is 301 g/mol. The Bertz CT molecular complexity index is 505. The van der Waals surface area contributed by atoms with Gasteiger partial charge in [0.25, 0.3) is 5.91 Å². The second-order valence-electron chi connectivity index (χ2n) is 5.25. The molecule has 7 heteroatoms. The molecule has 118 valence electrons. The first kappa shape index (κ1) is 16.3. The summed E-state index contributed by atoms with van der Waals surface area (Å²) in [6.45, 7) is 4.39. The molecule has 0 spiro atoms. The number of nitrogens with zero attached hydrogens (tertiary/aromatic N) is 2. The fraction of sp³-hybridized carbons (Fsp3) is 0.643. The van der Waals surface area contributed by atoms with Crippen LogP contribution < -0.4 is 0 Å². The van der Waals surface area contributed by atoms with Crippen LogP contribution in [0.25, 0.3) is 0 Å². The van der Waals surface area contributed by atoms with E-state index in [2.05, 4.69) is 0 Å². The number of hydrogen-bond donors (Lipinski definition) is 0. The van der Waals surface area contributed by atoms with Gasteiger partial charge in [0, 0.05) is 31.1 Å². The topological polar surface area (TPSA) is 23.6 Å². The van der Waals surface area contributed by atoms with E-state index in [4.69, 9.17) is 0 Å². The number of thiophene rings is 1. The highest BCUT2D eigenvalue weighted by atomic mass is 32.1. The molecule has 1 aromatic heterocycles. The quantitative estimate of drug-likeness (QED) is 0.855. The van der Waals surface area contributed by atoms with Crippen molar-refractivity contribution in [2.24, 2.45) is 0 Å². The molecule has 2 heterocycles. The largest absolute Gasteiger partial charge is 0.401 e. The van der Waals surface area contributed by atoms with Gasteiger partial charge in [0.2, 0.25) is 0 Å². The third-order valence-corrected chi connectivity index (χ3v) is 4.98. The lowest BCUT2D eigenvalue weighted by atomic mass is 10.2. The van der Waals surface area contributed by atoms with Crippen LogP contribution in [0.4, 0.5) is 13.2 Å². The van der Waals surface area contributed by atoms with Crippen molar-refractivity contribution < 1.29 is 18.0 Å². The molecule has 1 amide bonds. The second kappa shape index (κ2) is 6.36. The lowest BCUT2D eigenvalue weighted by molar-refractivity contribution is -0.148. The van der Waals surface area contributed by atoms with Gasteiger partial charge in [0.15, 0.2) is 0 Å². The number of halogens is 3. The molecule has 1 fully saturated rings. The summed E-state index contributed by atoms with van der Waals surface area (Å²) in [5, 5.41) is 0. The van der Waals surface area contributed by atoms with Gasteiger partial charge >= 0.3 is 6.18 Å². The van der Waals surface area contributed by atoms with Crippen molar-refractivity contribution in [3.8, 4) is 0 Å². The van der Waals surface area contributed by atoms with E-state index < -0.39 is 12.7 Å². The van der Waals surface area contributed by atoms with E-state index >= 15 is 0 Å². The molecule has 0 aliphatic carbocycles. The zero-order valence-corrected chi connectivity index (χ0v) is 13.0. The fourth-order valence-electron chi connectivity index (χ4n) is 2.49. The molecule has 0 bridgehead atoms. The number of carbonyl (C=O) groups is 1. The highest BCUT2D eigenvalue weighted by Crippen LogP contribution is 2.24. The summed E-state index contributed by atoms with van der Waals surface area (Å²) in [5.74, 6) is -0.0607. The molecule has 1 aromatic rings. The molecule has 1 aliphatic rings. The first-order valence-electron chi connectivity index (χ1n) is 6.98. The van der Waals surface area contributed by atoms with Gasteiger partial charge in [-0.25, -0.2) is 0 Å². The highest BCUT2D eigenvalue weighted by molar-refractivity contribution is 7.14. The van der Waals surface area contributed by atoms with Gasteiger partial charge in [-0.15, -0.1) is 11.3 Å². The average molecular weight is 320 g/mol. The summed E-state index contributed by atoms with van der Waals surface area (Å²) in [5.41, 5.74) is 1.11. The van der Waals surface area contributed by atoms with Crippen LogP contribution in [0.3, 0.4) is 0 Å². The van der Waals surface area contributed by atoms with Crippen LogP contribution in [0, 0.1) is 6.92 Å².